The molecule has 20 heavy (non-hydrogen) atoms. The minimum absolute atomic E-state index is 0.153. The molecule has 0 spiro atoms. The maximum absolute atomic E-state index is 9.50. The van der Waals surface area contributed by atoms with Crippen LogP contribution in [0.4, 0.5) is 11.8 Å². The molecule has 0 saturated heterocycles. The van der Waals surface area contributed by atoms with E-state index in [1.54, 1.807) is 11.3 Å². The average molecular weight is 292 g/mol. The molecule has 6 heteroatoms. The number of thiophene rings is 1. The van der Waals surface area contributed by atoms with Crippen molar-refractivity contribution in [2.75, 3.05) is 23.8 Å². The largest absolute Gasteiger partial charge is 0.394 e. The SMILES string of the molecule is CCNc1nc(NC2(CO)CC2)c2cc(CC)sc2n1. The van der Waals surface area contributed by atoms with Crippen molar-refractivity contribution >= 4 is 33.3 Å². The van der Waals surface area contributed by atoms with E-state index in [1.807, 2.05) is 6.92 Å². The molecule has 108 valence electrons. The van der Waals surface area contributed by atoms with E-state index in [2.05, 4.69) is 33.6 Å². The van der Waals surface area contributed by atoms with Gasteiger partial charge in [-0.25, -0.2) is 4.98 Å². The fourth-order valence-electron chi connectivity index (χ4n) is 2.20. The minimum atomic E-state index is -0.168. The minimum Gasteiger partial charge on any atom is -0.394 e. The zero-order chi connectivity index (χ0) is 14.2. The number of hydrogen-bond donors (Lipinski definition) is 3. The Kier molecular flexibility index (Phi) is 3.52. The third-order valence-corrected chi connectivity index (χ3v) is 4.84. The van der Waals surface area contributed by atoms with E-state index in [9.17, 15) is 5.11 Å². The second-order valence-electron chi connectivity index (χ2n) is 5.27. The van der Waals surface area contributed by atoms with E-state index in [4.69, 9.17) is 0 Å². The molecule has 2 heterocycles. The van der Waals surface area contributed by atoms with E-state index < -0.39 is 0 Å². The summed E-state index contributed by atoms with van der Waals surface area (Å²) in [7, 11) is 0. The quantitative estimate of drug-likeness (QED) is 0.763. The monoisotopic (exact) mass is 292 g/mol. The van der Waals surface area contributed by atoms with Crippen LogP contribution in [0, 0.1) is 0 Å². The normalized spacial score (nSPS) is 16.4. The van der Waals surface area contributed by atoms with Gasteiger partial charge in [-0.3, -0.25) is 0 Å². The predicted octanol–water partition coefficient (Wildman–Crippen LogP) is 2.62. The Labute approximate surface area is 122 Å². The van der Waals surface area contributed by atoms with E-state index in [-0.39, 0.29) is 12.1 Å². The van der Waals surface area contributed by atoms with Crippen LogP contribution < -0.4 is 10.6 Å². The fraction of sp³-hybridized carbons (Fsp3) is 0.571. The number of aliphatic hydroxyl groups excluding tert-OH is 1. The first kappa shape index (κ1) is 13.6. The summed E-state index contributed by atoms with van der Waals surface area (Å²) < 4.78 is 0. The summed E-state index contributed by atoms with van der Waals surface area (Å²) in [5, 5.41) is 17.2. The highest BCUT2D eigenvalue weighted by Crippen LogP contribution is 2.40. The van der Waals surface area contributed by atoms with Gasteiger partial charge < -0.3 is 15.7 Å². The van der Waals surface area contributed by atoms with Gasteiger partial charge in [0.2, 0.25) is 5.95 Å². The van der Waals surface area contributed by atoms with Crippen LogP contribution >= 0.6 is 11.3 Å². The molecule has 3 rings (SSSR count). The Balaban J connectivity index is 2.04. The number of aryl methyl sites for hydroxylation is 1. The first-order valence-electron chi connectivity index (χ1n) is 7.13. The number of aromatic nitrogens is 2. The number of nitrogens with zero attached hydrogens (tertiary/aromatic N) is 2. The van der Waals surface area contributed by atoms with Gasteiger partial charge >= 0.3 is 0 Å². The van der Waals surface area contributed by atoms with Crippen LogP contribution in [0.25, 0.3) is 10.2 Å². The second kappa shape index (κ2) is 5.18. The lowest BCUT2D eigenvalue weighted by Crippen LogP contribution is -2.26. The van der Waals surface area contributed by atoms with E-state index in [0.29, 0.717) is 5.95 Å². The van der Waals surface area contributed by atoms with Gasteiger partial charge in [-0.05, 0) is 32.3 Å². The molecule has 3 N–H and O–H groups in total. The van der Waals surface area contributed by atoms with Crippen LogP contribution in [0.5, 0.6) is 0 Å². The Morgan fingerprint density at radius 1 is 1.35 bits per heavy atom. The topological polar surface area (TPSA) is 70.1 Å². The lowest BCUT2D eigenvalue weighted by Gasteiger charge is -2.16. The number of rotatable bonds is 6. The molecule has 5 nitrogen and oxygen atoms in total. The van der Waals surface area contributed by atoms with E-state index in [0.717, 1.165) is 41.8 Å². The van der Waals surface area contributed by atoms with Gasteiger partial charge in [-0.1, -0.05) is 6.92 Å². The highest BCUT2D eigenvalue weighted by Gasteiger charge is 2.42. The summed E-state index contributed by atoms with van der Waals surface area (Å²) >= 11 is 1.71. The highest BCUT2D eigenvalue weighted by atomic mass is 32.1. The number of anilines is 2. The van der Waals surface area contributed by atoms with Crippen molar-refractivity contribution in [3.8, 4) is 0 Å². The molecular formula is C14H20N4OS. The maximum atomic E-state index is 9.50. The lowest BCUT2D eigenvalue weighted by atomic mass is 10.2. The third-order valence-electron chi connectivity index (χ3n) is 3.67. The standard InChI is InChI=1S/C14H20N4OS/c1-3-9-7-10-11(18-14(8-19)5-6-14)16-13(15-4-2)17-12(10)20-9/h7,19H,3-6,8H2,1-2H3,(H2,15,16,17,18). The van der Waals surface area contributed by atoms with Crippen molar-refractivity contribution in [1.29, 1.82) is 0 Å². The van der Waals surface area contributed by atoms with Crippen LogP contribution in [0.1, 0.15) is 31.6 Å². The Bertz CT molecular complexity index is 621. The average Bonchev–Trinajstić information content (AvgIpc) is 3.09. The van der Waals surface area contributed by atoms with Crippen LogP contribution in [0.3, 0.4) is 0 Å². The first-order valence-corrected chi connectivity index (χ1v) is 7.94. The molecule has 1 saturated carbocycles. The smallest absolute Gasteiger partial charge is 0.226 e. The molecule has 1 fully saturated rings. The van der Waals surface area contributed by atoms with Crippen LogP contribution in [0.15, 0.2) is 6.07 Å². The zero-order valence-corrected chi connectivity index (χ0v) is 12.7. The molecule has 0 aromatic carbocycles. The van der Waals surface area contributed by atoms with Crippen molar-refractivity contribution in [1.82, 2.24) is 9.97 Å². The second-order valence-corrected chi connectivity index (χ2v) is 6.39. The molecule has 0 unspecified atom stereocenters. The Morgan fingerprint density at radius 2 is 2.15 bits per heavy atom. The molecule has 1 aliphatic rings. The summed E-state index contributed by atoms with van der Waals surface area (Å²) in [4.78, 5) is 11.4. The Hall–Kier alpha value is -1.40. The highest BCUT2D eigenvalue weighted by molar-refractivity contribution is 7.18. The number of hydrogen-bond acceptors (Lipinski definition) is 6. The molecule has 2 aromatic rings. The molecule has 1 aliphatic carbocycles. The van der Waals surface area contributed by atoms with Crippen molar-refractivity contribution in [3.05, 3.63) is 10.9 Å². The van der Waals surface area contributed by atoms with Gasteiger partial charge in [0.15, 0.2) is 0 Å². The Morgan fingerprint density at radius 3 is 2.75 bits per heavy atom. The fourth-order valence-corrected chi connectivity index (χ4v) is 3.17. The van der Waals surface area contributed by atoms with Crippen LogP contribution in [-0.4, -0.2) is 33.8 Å². The number of aliphatic hydroxyl groups is 1. The van der Waals surface area contributed by atoms with Crippen molar-refractivity contribution < 1.29 is 5.11 Å². The lowest BCUT2D eigenvalue weighted by molar-refractivity contribution is 0.266. The molecule has 2 aromatic heterocycles. The van der Waals surface area contributed by atoms with E-state index >= 15 is 0 Å². The number of nitrogens with one attached hydrogen (secondary N) is 2. The maximum Gasteiger partial charge on any atom is 0.226 e. The van der Waals surface area contributed by atoms with Crippen molar-refractivity contribution in [3.63, 3.8) is 0 Å². The van der Waals surface area contributed by atoms with Crippen molar-refractivity contribution in [2.45, 2.75) is 38.6 Å². The van der Waals surface area contributed by atoms with E-state index in [1.165, 1.54) is 4.88 Å². The molecule has 0 atom stereocenters. The van der Waals surface area contributed by atoms with Gasteiger partial charge in [-0.15, -0.1) is 11.3 Å². The summed E-state index contributed by atoms with van der Waals surface area (Å²) in [5.74, 6) is 1.49. The van der Waals surface area contributed by atoms with Crippen LogP contribution in [0.2, 0.25) is 0 Å². The van der Waals surface area contributed by atoms with Crippen molar-refractivity contribution in [2.24, 2.45) is 0 Å². The molecular weight excluding hydrogens is 272 g/mol. The molecule has 0 bridgehead atoms. The first-order chi connectivity index (χ1) is 9.69. The zero-order valence-electron chi connectivity index (χ0n) is 11.9. The summed E-state index contributed by atoms with van der Waals surface area (Å²) in [6.45, 7) is 5.12. The summed E-state index contributed by atoms with van der Waals surface area (Å²) in [6, 6.07) is 2.16. The van der Waals surface area contributed by atoms with Gasteiger partial charge in [0.1, 0.15) is 10.6 Å². The summed E-state index contributed by atoms with van der Waals surface area (Å²) in [5.41, 5.74) is -0.168. The van der Waals surface area contributed by atoms with Crippen LogP contribution in [-0.2, 0) is 6.42 Å². The third kappa shape index (κ3) is 2.45. The van der Waals surface area contributed by atoms with Gasteiger partial charge in [0, 0.05) is 11.4 Å². The van der Waals surface area contributed by atoms with Gasteiger partial charge in [0.05, 0.1) is 17.5 Å². The predicted molar refractivity (Wildman–Crippen MR) is 83.6 cm³/mol. The number of fused-ring (bicyclic) bond motifs is 1. The molecule has 0 aliphatic heterocycles. The molecule has 0 radical (unpaired) electrons. The van der Waals surface area contributed by atoms with Gasteiger partial charge in [-0.2, -0.15) is 4.98 Å². The summed E-state index contributed by atoms with van der Waals surface area (Å²) in [6.07, 6.45) is 2.99. The molecule has 0 amide bonds. The van der Waals surface area contributed by atoms with Gasteiger partial charge in [0.25, 0.3) is 0 Å².